The highest BCUT2D eigenvalue weighted by Gasteiger charge is 2.18. The SMILES string of the molecule is c1ccc(-c2ccc(N(c3ccc(-c4ccc5c(c4)c4ccc6ccccc6c4n5-c4ccccc4)cc3)c3ccc4c5ccccc5c5ccccc5c4c3)cc2)cc1. The van der Waals surface area contributed by atoms with E-state index in [1.807, 2.05) is 0 Å². The molecule has 0 bridgehead atoms. The van der Waals surface area contributed by atoms with Crippen molar-refractivity contribution >= 4 is 82.0 Å². The Bertz CT molecular complexity index is 3530. The molecule has 0 aliphatic carbocycles. The summed E-state index contributed by atoms with van der Waals surface area (Å²) in [7, 11) is 0. The van der Waals surface area contributed by atoms with Crippen LogP contribution in [0.2, 0.25) is 0 Å². The van der Waals surface area contributed by atoms with Gasteiger partial charge < -0.3 is 9.47 Å². The maximum atomic E-state index is 2.43. The number of benzene rings is 11. The normalized spacial score (nSPS) is 11.7. The first kappa shape index (κ1) is 34.1. The van der Waals surface area contributed by atoms with Crippen LogP contribution in [-0.4, -0.2) is 4.57 Å². The third-order valence-corrected chi connectivity index (χ3v) is 12.3. The van der Waals surface area contributed by atoms with Gasteiger partial charge in [-0.1, -0.05) is 170 Å². The highest BCUT2D eigenvalue weighted by molar-refractivity contribution is 6.26. The average molecular weight is 763 g/mol. The molecule has 0 fully saturated rings. The fourth-order valence-electron chi connectivity index (χ4n) is 9.52. The fourth-order valence-corrected chi connectivity index (χ4v) is 9.52. The molecule has 0 atom stereocenters. The van der Waals surface area contributed by atoms with E-state index >= 15 is 0 Å². The lowest BCUT2D eigenvalue weighted by Crippen LogP contribution is -2.10. The predicted octanol–water partition coefficient (Wildman–Crippen LogP) is 16.2. The Kier molecular flexibility index (Phi) is 7.89. The van der Waals surface area contributed by atoms with E-state index in [-0.39, 0.29) is 0 Å². The van der Waals surface area contributed by atoms with E-state index in [1.54, 1.807) is 0 Å². The number of hydrogen-bond donors (Lipinski definition) is 0. The van der Waals surface area contributed by atoms with E-state index < -0.39 is 0 Å². The zero-order valence-electron chi connectivity index (χ0n) is 32.8. The zero-order valence-corrected chi connectivity index (χ0v) is 32.8. The molecule has 2 heteroatoms. The molecule has 1 aromatic heterocycles. The maximum absolute atomic E-state index is 2.43. The lowest BCUT2D eigenvalue weighted by atomic mass is 9.94. The van der Waals surface area contributed by atoms with Crippen LogP contribution in [0.5, 0.6) is 0 Å². The van der Waals surface area contributed by atoms with E-state index in [9.17, 15) is 0 Å². The van der Waals surface area contributed by atoms with E-state index in [0.717, 1.165) is 22.7 Å². The van der Waals surface area contributed by atoms with Gasteiger partial charge in [-0.05, 0) is 121 Å². The van der Waals surface area contributed by atoms with Crippen molar-refractivity contribution in [1.29, 1.82) is 0 Å². The van der Waals surface area contributed by atoms with Crippen molar-refractivity contribution in [2.75, 3.05) is 4.90 Å². The van der Waals surface area contributed by atoms with Gasteiger partial charge in [0, 0.05) is 38.9 Å². The third kappa shape index (κ3) is 5.50. The van der Waals surface area contributed by atoms with Gasteiger partial charge in [0.05, 0.1) is 11.0 Å². The van der Waals surface area contributed by atoms with E-state index in [1.165, 1.54) is 87.1 Å². The van der Waals surface area contributed by atoms with E-state index in [2.05, 4.69) is 240 Å². The standard InChI is InChI=1S/C58H38N2/c1-3-13-39(14-4-1)40-23-29-45(30-24-40)59(47-33-35-53-51-21-10-9-19-49(51)50-20-11-12-22-52(50)55(53)38-47)46-31-25-41(26-32-46)43-28-36-57-56(37-43)54-34-27-42-15-7-8-18-48(42)58(54)60(57)44-16-5-2-6-17-44/h1-38H. The molecule has 0 amide bonds. The lowest BCUT2D eigenvalue weighted by molar-refractivity contribution is 1.19. The number of fused-ring (bicyclic) bond motifs is 11. The minimum Gasteiger partial charge on any atom is -0.310 e. The lowest BCUT2D eigenvalue weighted by Gasteiger charge is -2.26. The molecule has 12 rings (SSSR count). The van der Waals surface area contributed by atoms with Gasteiger partial charge in [0.15, 0.2) is 0 Å². The smallest absolute Gasteiger partial charge is 0.0619 e. The summed E-state index contributed by atoms with van der Waals surface area (Å²) in [6, 6.07) is 84.2. The number of nitrogens with zero attached hydrogens (tertiary/aromatic N) is 2. The van der Waals surface area contributed by atoms with Crippen LogP contribution in [0.3, 0.4) is 0 Å². The van der Waals surface area contributed by atoms with Crippen molar-refractivity contribution in [3.05, 3.63) is 231 Å². The summed E-state index contributed by atoms with van der Waals surface area (Å²) in [5, 5.41) is 12.6. The van der Waals surface area contributed by atoms with Crippen molar-refractivity contribution in [3.8, 4) is 27.9 Å². The summed E-state index contributed by atoms with van der Waals surface area (Å²) < 4.78 is 2.43. The number of aromatic nitrogens is 1. The molecule has 0 aliphatic rings. The van der Waals surface area contributed by atoms with Crippen LogP contribution in [0, 0.1) is 0 Å². The number of anilines is 3. The summed E-state index contributed by atoms with van der Waals surface area (Å²) in [5.41, 5.74) is 11.7. The highest BCUT2D eigenvalue weighted by Crippen LogP contribution is 2.43. The van der Waals surface area contributed by atoms with Gasteiger partial charge in [-0.25, -0.2) is 0 Å². The van der Waals surface area contributed by atoms with Crippen LogP contribution in [0.4, 0.5) is 17.1 Å². The first-order chi connectivity index (χ1) is 29.8. The predicted molar refractivity (Wildman–Crippen MR) is 256 cm³/mol. The van der Waals surface area contributed by atoms with Gasteiger partial charge >= 0.3 is 0 Å². The second-order valence-electron chi connectivity index (χ2n) is 15.7. The van der Waals surface area contributed by atoms with Crippen molar-refractivity contribution in [1.82, 2.24) is 4.57 Å². The van der Waals surface area contributed by atoms with Crippen molar-refractivity contribution in [2.24, 2.45) is 0 Å². The van der Waals surface area contributed by atoms with Gasteiger partial charge in [0.2, 0.25) is 0 Å². The van der Waals surface area contributed by atoms with Crippen LogP contribution in [0.25, 0.3) is 92.8 Å². The topological polar surface area (TPSA) is 8.17 Å². The molecule has 12 aromatic rings. The minimum absolute atomic E-state index is 1.10. The Balaban J connectivity index is 1.00. The molecule has 0 radical (unpaired) electrons. The summed E-state index contributed by atoms with van der Waals surface area (Å²) in [6.07, 6.45) is 0. The van der Waals surface area contributed by atoms with Crippen molar-refractivity contribution in [2.45, 2.75) is 0 Å². The van der Waals surface area contributed by atoms with Crippen LogP contribution in [-0.2, 0) is 0 Å². The molecule has 0 saturated heterocycles. The minimum atomic E-state index is 1.10. The Morgan fingerprint density at radius 1 is 0.267 bits per heavy atom. The third-order valence-electron chi connectivity index (χ3n) is 12.3. The first-order valence-corrected chi connectivity index (χ1v) is 20.7. The molecule has 1 heterocycles. The molecule has 60 heavy (non-hydrogen) atoms. The summed E-state index contributed by atoms with van der Waals surface area (Å²) in [6.45, 7) is 0. The molecule has 0 N–H and O–H groups in total. The quantitative estimate of drug-likeness (QED) is 0.153. The summed E-state index contributed by atoms with van der Waals surface area (Å²) in [4.78, 5) is 2.39. The molecular weight excluding hydrogens is 725 g/mol. The van der Waals surface area contributed by atoms with Crippen molar-refractivity contribution in [3.63, 3.8) is 0 Å². The second kappa shape index (κ2) is 13.9. The molecular formula is C58H38N2. The van der Waals surface area contributed by atoms with Gasteiger partial charge in [-0.2, -0.15) is 0 Å². The Labute approximate surface area is 348 Å². The molecule has 0 aliphatic heterocycles. The number of para-hydroxylation sites is 1. The molecule has 0 spiro atoms. The van der Waals surface area contributed by atoms with Crippen LogP contribution >= 0.6 is 0 Å². The second-order valence-corrected chi connectivity index (χ2v) is 15.7. The van der Waals surface area contributed by atoms with Gasteiger partial charge in [-0.3, -0.25) is 0 Å². The van der Waals surface area contributed by atoms with Crippen LogP contribution < -0.4 is 4.90 Å². The van der Waals surface area contributed by atoms with E-state index in [0.29, 0.717) is 0 Å². The van der Waals surface area contributed by atoms with Gasteiger partial charge in [-0.15, -0.1) is 0 Å². The van der Waals surface area contributed by atoms with E-state index in [4.69, 9.17) is 0 Å². The van der Waals surface area contributed by atoms with Gasteiger partial charge in [0.1, 0.15) is 0 Å². The van der Waals surface area contributed by atoms with Crippen molar-refractivity contribution < 1.29 is 0 Å². The molecule has 0 saturated carbocycles. The summed E-state index contributed by atoms with van der Waals surface area (Å²) in [5.74, 6) is 0. The molecule has 11 aromatic carbocycles. The molecule has 2 nitrogen and oxygen atoms in total. The number of hydrogen-bond acceptors (Lipinski definition) is 1. The molecule has 0 unspecified atom stereocenters. The molecule has 280 valence electrons. The van der Waals surface area contributed by atoms with Gasteiger partial charge in [0.25, 0.3) is 0 Å². The maximum Gasteiger partial charge on any atom is 0.0619 e. The first-order valence-electron chi connectivity index (χ1n) is 20.7. The largest absolute Gasteiger partial charge is 0.310 e. The van der Waals surface area contributed by atoms with Crippen LogP contribution in [0.1, 0.15) is 0 Å². The van der Waals surface area contributed by atoms with Crippen LogP contribution in [0.15, 0.2) is 231 Å². The number of rotatable bonds is 6. The summed E-state index contributed by atoms with van der Waals surface area (Å²) >= 11 is 0. The Morgan fingerprint density at radius 2 is 0.733 bits per heavy atom. The average Bonchev–Trinajstić information content (AvgIpc) is 3.67. The Hall–Kier alpha value is -7.94. The monoisotopic (exact) mass is 762 g/mol. The fraction of sp³-hybridized carbons (Fsp3) is 0. The highest BCUT2D eigenvalue weighted by atomic mass is 15.1. The Morgan fingerprint density at radius 3 is 1.38 bits per heavy atom. The zero-order chi connectivity index (χ0) is 39.6.